The number of hydrogen-bond acceptors (Lipinski definition) is 4. The topological polar surface area (TPSA) is 38.9 Å². The lowest BCUT2D eigenvalue weighted by molar-refractivity contribution is 0.752. The summed E-state index contributed by atoms with van der Waals surface area (Å²) in [6.45, 7) is 2.18. The van der Waals surface area contributed by atoms with Gasteiger partial charge in [0.1, 0.15) is 5.00 Å². The lowest BCUT2D eigenvalue weighted by atomic mass is 10.1. The molecule has 1 aromatic heterocycles. The highest BCUT2D eigenvalue weighted by Gasteiger charge is 2.22. The number of rotatable bonds is 3. The van der Waals surface area contributed by atoms with Crippen LogP contribution in [-0.2, 0) is 6.42 Å². The smallest absolute Gasteiger partial charge is 0.110 e. The maximum absolute atomic E-state index is 6.00. The number of thioether (sulfide) groups is 1. The summed E-state index contributed by atoms with van der Waals surface area (Å²) in [5.41, 5.74) is 7.18. The van der Waals surface area contributed by atoms with E-state index in [0.29, 0.717) is 5.92 Å². The SMILES string of the molecule is CCCc1nc(C2CCSC2)c(N)s1. The van der Waals surface area contributed by atoms with Crippen LogP contribution in [-0.4, -0.2) is 16.5 Å². The second kappa shape index (κ2) is 4.53. The van der Waals surface area contributed by atoms with Crippen molar-refractivity contribution in [1.29, 1.82) is 0 Å². The van der Waals surface area contributed by atoms with Gasteiger partial charge in [0.15, 0.2) is 0 Å². The largest absolute Gasteiger partial charge is 0.389 e. The zero-order valence-electron chi connectivity index (χ0n) is 8.45. The first-order chi connectivity index (χ1) is 6.81. The Morgan fingerprint density at radius 1 is 1.57 bits per heavy atom. The Kier molecular flexibility index (Phi) is 3.34. The molecular weight excluding hydrogens is 212 g/mol. The van der Waals surface area contributed by atoms with Gasteiger partial charge in [0.05, 0.1) is 10.7 Å². The molecule has 0 bridgehead atoms. The summed E-state index contributed by atoms with van der Waals surface area (Å²) >= 11 is 3.70. The first-order valence-corrected chi connectivity index (χ1v) is 7.11. The monoisotopic (exact) mass is 228 g/mol. The van der Waals surface area contributed by atoms with E-state index in [1.54, 1.807) is 11.3 Å². The van der Waals surface area contributed by atoms with E-state index in [-0.39, 0.29) is 0 Å². The van der Waals surface area contributed by atoms with Crippen LogP contribution in [0, 0.1) is 0 Å². The second-order valence-electron chi connectivity index (χ2n) is 3.67. The minimum Gasteiger partial charge on any atom is -0.389 e. The summed E-state index contributed by atoms with van der Waals surface area (Å²) in [5, 5.41) is 2.18. The summed E-state index contributed by atoms with van der Waals surface area (Å²) in [5.74, 6) is 3.10. The molecule has 0 aromatic carbocycles. The summed E-state index contributed by atoms with van der Waals surface area (Å²) in [6, 6.07) is 0. The third kappa shape index (κ3) is 2.06. The van der Waals surface area contributed by atoms with E-state index in [2.05, 4.69) is 11.9 Å². The van der Waals surface area contributed by atoms with Crippen molar-refractivity contribution in [3.05, 3.63) is 10.7 Å². The number of aromatic nitrogens is 1. The minimum absolute atomic E-state index is 0.627. The molecule has 1 fully saturated rings. The Morgan fingerprint density at radius 3 is 3.07 bits per heavy atom. The Balaban J connectivity index is 2.15. The predicted molar refractivity (Wildman–Crippen MR) is 65.2 cm³/mol. The van der Waals surface area contributed by atoms with Gasteiger partial charge in [-0.25, -0.2) is 4.98 Å². The van der Waals surface area contributed by atoms with E-state index in [1.807, 2.05) is 11.8 Å². The molecular formula is C10H16N2S2. The third-order valence-electron chi connectivity index (χ3n) is 2.51. The third-order valence-corrected chi connectivity index (χ3v) is 4.63. The van der Waals surface area contributed by atoms with Gasteiger partial charge in [-0.3, -0.25) is 0 Å². The Hall–Kier alpha value is -0.220. The van der Waals surface area contributed by atoms with Crippen LogP contribution in [0.25, 0.3) is 0 Å². The highest BCUT2D eigenvalue weighted by atomic mass is 32.2. The summed E-state index contributed by atoms with van der Waals surface area (Å²) in [7, 11) is 0. The van der Waals surface area contributed by atoms with Gasteiger partial charge in [-0.15, -0.1) is 11.3 Å². The number of aryl methyl sites for hydroxylation is 1. The molecule has 1 unspecified atom stereocenters. The number of nitrogens with two attached hydrogens (primary N) is 1. The molecule has 1 aliphatic heterocycles. The van der Waals surface area contributed by atoms with Crippen LogP contribution in [0.1, 0.15) is 36.4 Å². The highest BCUT2D eigenvalue weighted by Crippen LogP contribution is 2.37. The van der Waals surface area contributed by atoms with Crippen molar-refractivity contribution >= 4 is 28.1 Å². The van der Waals surface area contributed by atoms with Crippen molar-refractivity contribution in [3.63, 3.8) is 0 Å². The van der Waals surface area contributed by atoms with Crippen LogP contribution in [0.4, 0.5) is 5.00 Å². The molecule has 0 amide bonds. The van der Waals surface area contributed by atoms with Gasteiger partial charge in [0, 0.05) is 11.7 Å². The van der Waals surface area contributed by atoms with E-state index >= 15 is 0 Å². The van der Waals surface area contributed by atoms with Crippen LogP contribution < -0.4 is 5.73 Å². The molecule has 0 aliphatic carbocycles. The van der Waals surface area contributed by atoms with Gasteiger partial charge in [-0.1, -0.05) is 6.92 Å². The standard InChI is InChI=1S/C10H16N2S2/c1-2-3-8-12-9(10(11)14-8)7-4-5-13-6-7/h7H,2-6,11H2,1H3. The number of anilines is 1. The highest BCUT2D eigenvalue weighted by molar-refractivity contribution is 7.99. The number of nitrogens with zero attached hydrogens (tertiary/aromatic N) is 1. The number of hydrogen-bond donors (Lipinski definition) is 1. The molecule has 2 rings (SSSR count). The molecule has 1 atom stereocenters. The molecule has 0 spiro atoms. The van der Waals surface area contributed by atoms with Crippen molar-refractivity contribution in [2.75, 3.05) is 17.2 Å². The molecule has 0 radical (unpaired) electrons. The Bertz CT molecular complexity index is 303. The van der Waals surface area contributed by atoms with Crippen molar-refractivity contribution in [2.45, 2.75) is 32.1 Å². The van der Waals surface area contributed by atoms with Crippen LogP contribution in [0.3, 0.4) is 0 Å². The predicted octanol–water partition coefficient (Wildman–Crippen LogP) is 2.90. The van der Waals surface area contributed by atoms with Gasteiger partial charge >= 0.3 is 0 Å². The second-order valence-corrected chi connectivity index (χ2v) is 5.93. The van der Waals surface area contributed by atoms with Crippen molar-refractivity contribution in [2.24, 2.45) is 0 Å². The molecule has 2 heterocycles. The van der Waals surface area contributed by atoms with Crippen LogP contribution in [0.5, 0.6) is 0 Å². The van der Waals surface area contributed by atoms with Crippen molar-refractivity contribution in [1.82, 2.24) is 4.98 Å². The molecule has 1 aromatic rings. The number of nitrogen functional groups attached to an aromatic ring is 1. The van der Waals surface area contributed by atoms with E-state index in [9.17, 15) is 0 Å². The fourth-order valence-electron chi connectivity index (χ4n) is 1.75. The molecule has 0 saturated carbocycles. The van der Waals surface area contributed by atoms with E-state index in [1.165, 1.54) is 28.6 Å². The summed E-state index contributed by atoms with van der Waals surface area (Å²) < 4.78 is 0. The van der Waals surface area contributed by atoms with E-state index in [4.69, 9.17) is 5.73 Å². The lowest BCUT2D eigenvalue weighted by Gasteiger charge is -2.04. The normalized spacial score (nSPS) is 21.6. The molecule has 4 heteroatoms. The first-order valence-electron chi connectivity index (χ1n) is 5.14. The molecule has 1 aliphatic rings. The maximum atomic E-state index is 6.00. The van der Waals surface area contributed by atoms with Crippen LogP contribution in [0.15, 0.2) is 0 Å². The minimum atomic E-state index is 0.627. The average molecular weight is 228 g/mol. The maximum Gasteiger partial charge on any atom is 0.110 e. The lowest BCUT2D eigenvalue weighted by Crippen LogP contribution is -2.00. The van der Waals surface area contributed by atoms with Gasteiger partial charge in [0.2, 0.25) is 0 Å². The molecule has 2 nitrogen and oxygen atoms in total. The van der Waals surface area contributed by atoms with Gasteiger partial charge < -0.3 is 5.73 Å². The average Bonchev–Trinajstić information content (AvgIpc) is 2.74. The van der Waals surface area contributed by atoms with Crippen LogP contribution in [0.2, 0.25) is 0 Å². The zero-order chi connectivity index (χ0) is 9.97. The number of thiazole rings is 1. The van der Waals surface area contributed by atoms with Gasteiger partial charge in [-0.05, 0) is 25.0 Å². The van der Waals surface area contributed by atoms with E-state index < -0.39 is 0 Å². The summed E-state index contributed by atoms with van der Waals surface area (Å²) in [4.78, 5) is 4.66. The first kappa shape index (κ1) is 10.3. The van der Waals surface area contributed by atoms with Crippen LogP contribution >= 0.6 is 23.1 Å². The van der Waals surface area contributed by atoms with Gasteiger partial charge in [-0.2, -0.15) is 11.8 Å². The molecule has 1 saturated heterocycles. The quantitative estimate of drug-likeness (QED) is 0.864. The molecule has 14 heavy (non-hydrogen) atoms. The molecule has 2 N–H and O–H groups in total. The van der Waals surface area contributed by atoms with Crippen molar-refractivity contribution in [3.8, 4) is 0 Å². The van der Waals surface area contributed by atoms with E-state index in [0.717, 1.165) is 17.8 Å². The van der Waals surface area contributed by atoms with Crippen molar-refractivity contribution < 1.29 is 0 Å². The fourth-order valence-corrected chi connectivity index (χ4v) is 4.00. The fraction of sp³-hybridized carbons (Fsp3) is 0.700. The van der Waals surface area contributed by atoms with Gasteiger partial charge in [0.25, 0.3) is 0 Å². The Morgan fingerprint density at radius 2 is 2.43 bits per heavy atom. The molecule has 78 valence electrons. The zero-order valence-corrected chi connectivity index (χ0v) is 10.1. The Labute approximate surface area is 93.3 Å². The summed E-state index contributed by atoms with van der Waals surface area (Å²) in [6.07, 6.45) is 3.49.